The summed E-state index contributed by atoms with van der Waals surface area (Å²) < 4.78 is 38.5. The number of carbonyl (C=O) groups excluding carboxylic acids is 3. The largest absolute Gasteiger partial charge is 0.474 e. The summed E-state index contributed by atoms with van der Waals surface area (Å²) in [6, 6.07) is 2.79. The fraction of sp³-hybridized carbons (Fsp3) is 0.514. The molecule has 0 bridgehead atoms. The molecule has 49 heavy (non-hydrogen) atoms. The summed E-state index contributed by atoms with van der Waals surface area (Å²) in [7, 11) is 1.64. The van der Waals surface area contributed by atoms with Gasteiger partial charge in [-0.3, -0.25) is 10.2 Å². The van der Waals surface area contributed by atoms with Crippen molar-refractivity contribution in [2.75, 3.05) is 30.4 Å². The van der Waals surface area contributed by atoms with E-state index in [9.17, 15) is 14.4 Å². The molecule has 1 N–H and O–H groups in total. The zero-order chi connectivity index (χ0) is 35.8. The fourth-order valence-electron chi connectivity index (χ4n) is 6.00. The van der Waals surface area contributed by atoms with Crippen molar-refractivity contribution < 1.29 is 37.7 Å². The van der Waals surface area contributed by atoms with E-state index >= 15 is 4.39 Å². The second-order valence-electron chi connectivity index (χ2n) is 14.3. The van der Waals surface area contributed by atoms with Gasteiger partial charge in [0, 0.05) is 36.0 Å². The van der Waals surface area contributed by atoms with Crippen LogP contribution in [0.25, 0.3) is 21.9 Å². The summed E-state index contributed by atoms with van der Waals surface area (Å²) in [5.41, 5.74) is 0.0570. The molecule has 1 fully saturated rings. The minimum Gasteiger partial charge on any atom is -0.474 e. The number of halogens is 2. The zero-order valence-corrected chi connectivity index (χ0v) is 29.9. The molecule has 14 heteroatoms. The number of amides is 3. The number of benzene rings is 1. The zero-order valence-electron chi connectivity index (χ0n) is 29.1. The number of ether oxygens (including phenoxy) is 4. The molecule has 0 saturated heterocycles. The second kappa shape index (κ2) is 13.9. The standard InChI is InChI=1S/C35H43ClFN5O7/c1-19-22(17-39-30-29(19)42(13-14-46-30)33(45)49-35(5,6)7)21-15-20-16-26(38-18-23(20)27(36)28(21)37)40-31(43)47-25-12-10-9-11-24(25)41(8)32(44)48-34(2,3)4/h15-18,24-25H,9-14H2,1-8H3,(H,38,40,43)/t24-,25-/m1/s1. The van der Waals surface area contributed by atoms with Crippen LogP contribution < -0.4 is 15.0 Å². The normalized spacial score (nSPS) is 17.9. The van der Waals surface area contributed by atoms with Crippen molar-refractivity contribution >= 4 is 52.2 Å². The van der Waals surface area contributed by atoms with Gasteiger partial charge in [0.1, 0.15) is 41.2 Å². The third-order valence-electron chi connectivity index (χ3n) is 8.24. The van der Waals surface area contributed by atoms with Crippen molar-refractivity contribution in [3.05, 3.63) is 40.9 Å². The SMILES string of the molecule is Cc1c(-c2cc3cc(NC(=O)O[C@@H]4CCCC[C@H]4N(C)C(=O)OC(C)(C)C)ncc3c(Cl)c2F)cnc2c1N(C(=O)OC(C)(C)C)CCO2. The van der Waals surface area contributed by atoms with Gasteiger partial charge in [-0.1, -0.05) is 18.0 Å². The average molecular weight is 700 g/mol. The Morgan fingerprint density at radius 3 is 2.41 bits per heavy atom. The number of carbonyl (C=O) groups is 3. The van der Waals surface area contributed by atoms with E-state index in [1.807, 2.05) is 0 Å². The summed E-state index contributed by atoms with van der Waals surface area (Å²) in [6.45, 7) is 12.9. The molecule has 1 aliphatic heterocycles. The molecule has 264 valence electrons. The first kappa shape index (κ1) is 35.9. The van der Waals surface area contributed by atoms with Gasteiger partial charge < -0.3 is 23.8 Å². The summed E-state index contributed by atoms with van der Waals surface area (Å²) in [6.07, 6.45) is 3.46. The van der Waals surface area contributed by atoms with Gasteiger partial charge in [-0.15, -0.1) is 0 Å². The lowest BCUT2D eigenvalue weighted by Gasteiger charge is -2.37. The molecule has 3 amide bonds. The predicted octanol–water partition coefficient (Wildman–Crippen LogP) is 8.26. The van der Waals surface area contributed by atoms with E-state index in [4.69, 9.17) is 30.5 Å². The molecule has 0 unspecified atom stereocenters. The number of hydrogen-bond donors (Lipinski definition) is 1. The number of likely N-dealkylation sites (N-methyl/N-ethyl adjacent to an activating group) is 1. The van der Waals surface area contributed by atoms with Crippen molar-refractivity contribution in [3.8, 4) is 17.0 Å². The van der Waals surface area contributed by atoms with E-state index in [-0.39, 0.29) is 41.5 Å². The first-order valence-corrected chi connectivity index (χ1v) is 16.7. The summed E-state index contributed by atoms with van der Waals surface area (Å²) in [5.74, 6) is -0.306. The van der Waals surface area contributed by atoms with E-state index in [1.165, 1.54) is 22.2 Å². The Hall–Kier alpha value is -4.39. The summed E-state index contributed by atoms with van der Waals surface area (Å²) in [4.78, 5) is 50.5. The highest BCUT2D eigenvalue weighted by molar-refractivity contribution is 6.36. The topological polar surface area (TPSA) is 132 Å². The van der Waals surface area contributed by atoms with Crippen molar-refractivity contribution in [1.82, 2.24) is 14.9 Å². The Balaban J connectivity index is 1.40. The number of hydrogen-bond acceptors (Lipinski definition) is 9. The van der Waals surface area contributed by atoms with Gasteiger partial charge in [-0.25, -0.2) is 28.7 Å². The Morgan fingerprint density at radius 1 is 1.02 bits per heavy atom. The van der Waals surface area contributed by atoms with Gasteiger partial charge in [-0.05, 0) is 90.8 Å². The molecule has 5 rings (SSSR count). The van der Waals surface area contributed by atoms with Crippen LogP contribution in [0, 0.1) is 12.7 Å². The monoisotopic (exact) mass is 699 g/mol. The Bertz CT molecular complexity index is 1770. The quantitative estimate of drug-likeness (QED) is 0.267. The maximum absolute atomic E-state index is 15.9. The van der Waals surface area contributed by atoms with Crippen LogP contribution in [0.3, 0.4) is 0 Å². The molecule has 1 aliphatic carbocycles. The molecular formula is C35H43ClFN5O7. The van der Waals surface area contributed by atoms with Gasteiger partial charge in [0.05, 0.1) is 17.6 Å². The van der Waals surface area contributed by atoms with E-state index in [1.54, 1.807) is 67.6 Å². The number of fused-ring (bicyclic) bond motifs is 2. The van der Waals surface area contributed by atoms with Crippen molar-refractivity contribution in [3.63, 3.8) is 0 Å². The fourth-order valence-corrected chi connectivity index (χ4v) is 6.26. The third-order valence-corrected chi connectivity index (χ3v) is 8.61. The number of anilines is 2. The van der Waals surface area contributed by atoms with Crippen LogP contribution in [-0.4, -0.2) is 76.7 Å². The van der Waals surface area contributed by atoms with Gasteiger partial charge in [0.15, 0.2) is 0 Å². The molecule has 1 aromatic carbocycles. The number of aromatic nitrogens is 2. The first-order valence-electron chi connectivity index (χ1n) is 16.3. The highest BCUT2D eigenvalue weighted by Crippen LogP contribution is 2.42. The van der Waals surface area contributed by atoms with Gasteiger partial charge >= 0.3 is 18.3 Å². The van der Waals surface area contributed by atoms with Crippen LogP contribution in [0.4, 0.5) is 30.3 Å². The van der Waals surface area contributed by atoms with Crippen molar-refractivity contribution in [2.45, 2.75) is 97.5 Å². The lowest BCUT2D eigenvalue weighted by atomic mass is 9.91. The average Bonchev–Trinajstić information content (AvgIpc) is 3.01. The second-order valence-corrected chi connectivity index (χ2v) is 14.7. The van der Waals surface area contributed by atoms with E-state index in [0.29, 0.717) is 40.4 Å². The van der Waals surface area contributed by atoms with E-state index in [2.05, 4.69) is 15.3 Å². The van der Waals surface area contributed by atoms with Crippen LogP contribution in [0.5, 0.6) is 5.88 Å². The number of nitrogens with zero attached hydrogens (tertiary/aromatic N) is 4. The Labute approximate surface area is 290 Å². The first-order chi connectivity index (χ1) is 22.9. The van der Waals surface area contributed by atoms with Crippen LogP contribution in [0.1, 0.15) is 72.8 Å². The molecule has 2 aliphatic rings. The van der Waals surface area contributed by atoms with Crippen LogP contribution in [0.15, 0.2) is 24.5 Å². The number of rotatable bonds is 4. The van der Waals surface area contributed by atoms with Crippen molar-refractivity contribution in [1.29, 1.82) is 0 Å². The van der Waals surface area contributed by atoms with Crippen LogP contribution in [0.2, 0.25) is 5.02 Å². The minimum atomic E-state index is -0.744. The lowest BCUT2D eigenvalue weighted by molar-refractivity contribution is -0.0123. The molecule has 0 radical (unpaired) electrons. The molecule has 2 aromatic heterocycles. The molecule has 1 saturated carbocycles. The Morgan fingerprint density at radius 2 is 1.71 bits per heavy atom. The lowest BCUT2D eigenvalue weighted by Crippen LogP contribution is -2.49. The highest BCUT2D eigenvalue weighted by atomic mass is 35.5. The summed E-state index contributed by atoms with van der Waals surface area (Å²) in [5, 5.41) is 3.31. The van der Waals surface area contributed by atoms with Crippen LogP contribution >= 0.6 is 11.6 Å². The predicted molar refractivity (Wildman–Crippen MR) is 184 cm³/mol. The highest BCUT2D eigenvalue weighted by Gasteiger charge is 2.36. The molecule has 3 aromatic rings. The van der Waals surface area contributed by atoms with Crippen LogP contribution in [-0.2, 0) is 14.2 Å². The maximum atomic E-state index is 15.9. The van der Waals surface area contributed by atoms with Crippen molar-refractivity contribution in [2.24, 2.45) is 0 Å². The molecule has 0 spiro atoms. The molecule has 3 heterocycles. The third kappa shape index (κ3) is 8.09. The molecule has 12 nitrogen and oxygen atoms in total. The summed E-state index contributed by atoms with van der Waals surface area (Å²) >= 11 is 6.53. The smallest absolute Gasteiger partial charge is 0.415 e. The molecule has 2 atom stereocenters. The van der Waals surface area contributed by atoms with E-state index in [0.717, 1.165) is 12.8 Å². The van der Waals surface area contributed by atoms with Gasteiger partial charge in [0.2, 0.25) is 5.88 Å². The molecular weight excluding hydrogens is 657 g/mol. The maximum Gasteiger partial charge on any atom is 0.415 e. The minimum absolute atomic E-state index is 0.134. The van der Waals surface area contributed by atoms with Gasteiger partial charge in [-0.2, -0.15) is 0 Å². The van der Waals surface area contributed by atoms with Gasteiger partial charge in [0.25, 0.3) is 0 Å². The number of pyridine rings is 2. The number of nitrogens with one attached hydrogen (secondary N) is 1. The Kier molecular flexibility index (Phi) is 10.1. The van der Waals surface area contributed by atoms with E-state index < -0.39 is 41.4 Å².